The molecule has 0 aliphatic carbocycles. The number of likely N-dealkylation sites (tertiary alicyclic amines) is 1. The number of carbonyl (C=O) groups excluding carboxylic acids is 1. The molecule has 0 unspecified atom stereocenters. The molecule has 1 aliphatic heterocycles. The van der Waals surface area contributed by atoms with Crippen molar-refractivity contribution in [2.75, 3.05) is 18.8 Å². The maximum absolute atomic E-state index is 12.3. The molecule has 1 aromatic carbocycles. The Morgan fingerprint density at radius 1 is 1.16 bits per heavy atom. The van der Waals surface area contributed by atoms with Crippen LogP contribution in [-0.4, -0.2) is 49.2 Å². The highest BCUT2D eigenvalue weighted by Crippen LogP contribution is 2.29. The van der Waals surface area contributed by atoms with Crippen LogP contribution in [0.2, 0.25) is 0 Å². The molecule has 0 bridgehead atoms. The second-order valence-electron chi connectivity index (χ2n) is 9.18. The number of hydrogen-bond donors (Lipinski definition) is 1. The summed E-state index contributed by atoms with van der Waals surface area (Å²) >= 11 is 0. The Bertz CT molecular complexity index is 1080. The van der Waals surface area contributed by atoms with Gasteiger partial charge >= 0.3 is 6.09 Å². The average Bonchev–Trinajstić information content (AvgIpc) is 3.10. The van der Waals surface area contributed by atoms with E-state index in [0.29, 0.717) is 29.6 Å². The maximum Gasteiger partial charge on any atom is 0.410 e. The molecule has 0 spiro atoms. The van der Waals surface area contributed by atoms with E-state index in [-0.39, 0.29) is 6.09 Å². The van der Waals surface area contributed by atoms with Crippen LogP contribution < -0.4 is 5.73 Å². The van der Waals surface area contributed by atoms with Crippen molar-refractivity contribution in [3.05, 3.63) is 47.5 Å². The van der Waals surface area contributed by atoms with Gasteiger partial charge in [-0.15, -0.1) is 0 Å². The number of imidazole rings is 1. The largest absolute Gasteiger partial charge is 0.444 e. The highest BCUT2D eigenvalue weighted by atomic mass is 16.6. The third kappa shape index (κ3) is 4.78. The number of carbonyl (C=O) groups is 1. The van der Waals surface area contributed by atoms with Gasteiger partial charge in [-0.2, -0.15) is 0 Å². The van der Waals surface area contributed by atoms with Gasteiger partial charge in [0.25, 0.3) is 0 Å². The number of nitrogen functional groups attached to an aromatic ring is 1. The first-order valence-electron chi connectivity index (χ1n) is 10.7. The van der Waals surface area contributed by atoms with Gasteiger partial charge in [0.15, 0.2) is 11.5 Å². The highest BCUT2D eigenvalue weighted by Gasteiger charge is 2.27. The minimum Gasteiger partial charge on any atom is -0.444 e. The van der Waals surface area contributed by atoms with Gasteiger partial charge in [-0.1, -0.05) is 24.3 Å². The Labute approximate surface area is 182 Å². The van der Waals surface area contributed by atoms with Gasteiger partial charge in [-0.25, -0.2) is 19.7 Å². The van der Waals surface area contributed by atoms with Gasteiger partial charge in [-0.05, 0) is 57.6 Å². The quantitative estimate of drug-likeness (QED) is 0.688. The van der Waals surface area contributed by atoms with Crippen LogP contribution >= 0.6 is 0 Å². The van der Waals surface area contributed by atoms with E-state index in [1.54, 1.807) is 6.33 Å². The fraction of sp³-hybridized carbons (Fsp3) is 0.478. The number of fused-ring (bicyclic) bond motifs is 1. The summed E-state index contributed by atoms with van der Waals surface area (Å²) in [7, 11) is 0. The van der Waals surface area contributed by atoms with Gasteiger partial charge in [0.05, 0.1) is 12.9 Å². The van der Waals surface area contributed by atoms with Crippen LogP contribution in [0.4, 0.5) is 10.6 Å². The fourth-order valence-electron chi connectivity index (χ4n) is 4.01. The van der Waals surface area contributed by atoms with E-state index in [1.807, 2.05) is 37.2 Å². The Kier molecular flexibility index (Phi) is 5.56. The summed E-state index contributed by atoms with van der Waals surface area (Å²) in [4.78, 5) is 27.1. The Morgan fingerprint density at radius 2 is 1.84 bits per heavy atom. The molecule has 2 N–H and O–H groups in total. The summed E-state index contributed by atoms with van der Waals surface area (Å²) in [6.07, 6.45) is 3.43. The molecule has 1 saturated heterocycles. The van der Waals surface area contributed by atoms with Crippen LogP contribution in [0, 0.1) is 6.92 Å². The monoisotopic (exact) mass is 422 g/mol. The number of anilines is 1. The fourth-order valence-corrected chi connectivity index (χ4v) is 4.01. The summed E-state index contributed by atoms with van der Waals surface area (Å²) in [5, 5.41) is 0. The average molecular weight is 423 g/mol. The van der Waals surface area contributed by atoms with Crippen LogP contribution in [0.1, 0.15) is 56.5 Å². The molecule has 1 fully saturated rings. The van der Waals surface area contributed by atoms with E-state index in [1.165, 1.54) is 11.1 Å². The third-order valence-corrected chi connectivity index (χ3v) is 5.55. The maximum atomic E-state index is 12.3. The lowest BCUT2D eigenvalue weighted by molar-refractivity contribution is 0.0205. The number of nitrogens with zero attached hydrogens (tertiary/aromatic N) is 5. The van der Waals surface area contributed by atoms with Crippen LogP contribution in [0.3, 0.4) is 0 Å². The van der Waals surface area contributed by atoms with Crippen molar-refractivity contribution in [1.82, 2.24) is 24.4 Å². The van der Waals surface area contributed by atoms with Crippen molar-refractivity contribution in [2.24, 2.45) is 0 Å². The summed E-state index contributed by atoms with van der Waals surface area (Å²) in [5.74, 6) is 1.51. The van der Waals surface area contributed by atoms with Crippen molar-refractivity contribution in [3.8, 4) is 0 Å². The SMILES string of the molecule is Cc1nc(N)c2ncn(Cc3ccc(C4CCN(C(=O)OC(C)(C)C)CC4)cc3)c2n1. The minimum atomic E-state index is -0.458. The van der Waals surface area contributed by atoms with Crippen LogP contribution in [-0.2, 0) is 11.3 Å². The van der Waals surface area contributed by atoms with Crippen LogP contribution in [0.25, 0.3) is 11.2 Å². The predicted octanol–water partition coefficient (Wildman–Crippen LogP) is 3.88. The zero-order valence-corrected chi connectivity index (χ0v) is 18.6. The lowest BCUT2D eigenvalue weighted by Gasteiger charge is -2.33. The number of aromatic nitrogens is 4. The molecular weight excluding hydrogens is 392 g/mol. The summed E-state index contributed by atoms with van der Waals surface area (Å²) < 4.78 is 7.49. The Balaban J connectivity index is 1.39. The Hall–Kier alpha value is -3.16. The van der Waals surface area contributed by atoms with E-state index >= 15 is 0 Å². The van der Waals surface area contributed by atoms with Crippen molar-refractivity contribution < 1.29 is 9.53 Å². The van der Waals surface area contributed by atoms with Gasteiger partial charge in [0, 0.05) is 13.1 Å². The number of rotatable bonds is 3. The number of nitrogens with two attached hydrogens (primary N) is 1. The molecule has 1 aliphatic rings. The van der Waals surface area contributed by atoms with E-state index in [4.69, 9.17) is 10.5 Å². The van der Waals surface area contributed by atoms with E-state index in [9.17, 15) is 4.79 Å². The van der Waals surface area contributed by atoms with E-state index < -0.39 is 5.60 Å². The molecular formula is C23H30N6O2. The molecule has 4 rings (SSSR count). The topological polar surface area (TPSA) is 99.2 Å². The third-order valence-electron chi connectivity index (χ3n) is 5.55. The van der Waals surface area contributed by atoms with Crippen molar-refractivity contribution in [3.63, 3.8) is 0 Å². The standard InChI is InChI=1S/C23H30N6O2/c1-15-26-20(24)19-21(27-15)29(14-25-19)13-16-5-7-17(8-6-16)18-9-11-28(12-10-18)22(30)31-23(2,3)4/h5-8,14,18H,9-13H2,1-4H3,(H2,24,26,27). The van der Waals surface area contributed by atoms with Gasteiger partial charge in [-0.3, -0.25) is 0 Å². The number of amides is 1. The molecule has 2 aromatic heterocycles. The van der Waals surface area contributed by atoms with Crippen molar-refractivity contribution in [2.45, 2.75) is 58.6 Å². The van der Waals surface area contributed by atoms with Crippen LogP contribution in [0.5, 0.6) is 0 Å². The summed E-state index contributed by atoms with van der Waals surface area (Å²) in [5.41, 5.74) is 9.38. The molecule has 164 valence electrons. The first-order chi connectivity index (χ1) is 14.7. The minimum absolute atomic E-state index is 0.214. The zero-order valence-electron chi connectivity index (χ0n) is 18.6. The summed E-state index contributed by atoms with van der Waals surface area (Å²) in [6.45, 7) is 9.64. The molecule has 3 aromatic rings. The molecule has 8 heteroatoms. The second-order valence-corrected chi connectivity index (χ2v) is 9.18. The van der Waals surface area contributed by atoms with Crippen LogP contribution in [0.15, 0.2) is 30.6 Å². The molecule has 31 heavy (non-hydrogen) atoms. The normalized spacial score (nSPS) is 15.4. The first-order valence-corrected chi connectivity index (χ1v) is 10.7. The smallest absolute Gasteiger partial charge is 0.410 e. The molecule has 3 heterocycles. The number of ether oxygens (including phenoxy) is 1. The zero-order chi connectivity index (χ0) is 22.2. The van der Waals surface area contributed by atoms with Crippen molar-refractivity contribution in [1.29, 1.82) is 0 Å². The van der Waals surface area contributed by atoms with Gasteiger partial charge in [0.1, 0.15) is 16.9 Å². The number of piperidine rings is 1. The predicted molar refractivity (Wildman–Crippen MR) is 120 cm³/mol. The molecule has 1 amide bonds. The van der Waals surface area contributed by atoms with E-state index in [2.05, 4.69) is 39.2 Å². The lowest BCUT2D eigenvalue weighted by atomic mass is 9.89. The van der Waals surface area contributed by atoms with E-state index in [0.717, 1.165) is 31.6 Å². The first kappa shape index (κ1) is 21.1. The Morgan fingerprint density at radius 3 is 2.48 bits per heavy atom. The molecule has 0 saturated carbocycles. The number of hydrogen-bond acceptors (Lipinski definition) is 6. The highest BCUT2D eigenvalue weighted by molar-refractivity contribution is 5.81. The molecule has 0 atom stereocenters. The van der Waals surface area contributed by atoms with Gasteiger partial charge in [0.2, 0.25) is 0 Å². The second kappa shape index (κ2) is 8.17. The number of aryl methyl sites for hydroxylation is 1. The summed E-state index contributed by atoms with van der Waals surface area (Å²) in [6, 6.07) is 8.69. The van der Waals surface area contributed by atoms with Crippen molar-refractivity contribution >= 4 is 23.1 Å². The van der Waals surface area contributed by atoms with Gasteiger partial charge < -0.3 is 19.9 Å². The number of benzene rings is 1. The molecule has 0 radical (unpaired) electrons. The lowest BCUT2D eigenvalue weighted by Crippen LogP contribution is -2.41. The molecule has 8 nitrogen and oxygen atoms in total.